The van der Waals surface area contributed by atoms with Crippen LogP contribution in [0.25, 0.3) is 0 Å². The normalized spacial score (nSPS) is 13.1. The summed E-state index contributed by atoms with van der Waals surface area (Å²) >= 11 is 0. The second kappa shape index (κ2) is 6.02. The first-order valence-corrected chi connectivity index (χ1v) is 6.89. The highest BCUT2D eigenvalue weighted by molar-refractivity contribution is 5.15. The molecule has 1 atom stereocenters. The van der Waals surface area contributed by atoms with Crippen LogP contribution in [0.3, 0.4) is 0 Å². The zero-order valence-electron chi connectivity index (χ0n) is 12.2. The van der Waals surface area contributed by atoms with Gasteiger partial charge in [0.15, 0.2) is 0 Å². The first-order chi connectivity index (χ1) is 9.11. The lowest BCUT2D eigenvalue weighted by molar-refractivity contribution is 0.496. The van der Waals surface area contributed by atoms with Crippen LogP contribution in [0.1, 0.15) is 51.2 Å². The number of aromatic nitrogens is 4. The van der Waals surface area contributed by atoms with Gasteiger partial charge < -0.3 is 9.88 Å². The molecule has 0 saturated carbocycles. The summed E-state index contributed by atoms with van der Waals surface area (Å²) in [5.41, 5.74) is 1.30. The molecule has 0 saturated heterocycles. The highest BCUT2D eigenvalue weighted by Gasteiger charge is 2.10. The van der Waals surface area contributed by atoms with E-state index >= 15 is 0 Å². The van der Waals surface area contributed by atoms with Gasteiger partial charge in [0.25, 0.3) is 0 Å². The summed E-state index contributed by atoms with van der Waals surface area (Å²) in [6.07, 6.45) is 5.90. The van der Waals surface area contributed by atoms with Crippen LogP contribution in [0, 0.1) is 0 Å². The SMILES string of the molecule is CCNC(C)c1ccn(Cc2ncnn2C(C)C)c1. The van der Waals surface area contributed by atoms with Crippen molar-refractivity contribution in [2.24, 2.45) is 0 Å². The van der Waals surface area contributed by atoms with Crippen LogP contribution in [0.5, 0.6) is 0 Å². The van der Waals surface area contributed by atoms with E-state index in [1.165, 1.54) is 5.56 Å². The molecule has 0 aliphatic carbocycles. The summed E-state index contributed by atoms with van der Waals surface area (Å²) in [6, 6.07) is 2.88. The standard InChI is InChI=1S/C14H23N5/c1-5-15-12(4)13-6-7-18(8-13)9-14-16-10-17-19(14)11(2)3/h6-8,10-12,15H,5,9H2,1-4H3. The largest absolute Gasteiger partial charge is 0.346 e. The maximum atomic E-state index is 4.34. The topological polar surface area (TPSA) is 47.7 Å². The Hall–Kier alpha value is -1.62. The second-order valence-corrected chi connectivity index (χ2v) is 5.11. The van der Waals surface area contributed by atoms with Gasteiger partial charge in [-0.3, -0.25) is 0 Å². The van der Waals surface area contributed by atoms with Crippen molar-refractivity contribution >= 4 is 0 Å². The minimum atomic E-state index is 0.341. The fourth-order valence-electron chi connectivity index (χ4n) is 2.22. The fourth-order valence-corrected chi connectivity index (χ4v) is 2.22. The molecule has 0 aromatic carbocycles. The first kappa shape index (κ1) is 13.8. The molecule has 2 aromatic heterocycles. The molecule has 1 N–H and O–H groups in total. The molecule has 2 heterocycles. The van der Waals surface area contributed by atoms with E-state index in [2.05, 4.69) is 66.1 Å². The van der Waals surface area contributed by atoms with Crippen molar-refractivity contribution in [3.05, 3.63) is 36.2 Å². The monoisotopic (exact) mass is 261 g/mol. The van der Waals surface area contributed by atoms with Gasteiger partial charge in [-0.2, -0.15) is 5.10 Å². The Balaban J connectivity index is 2.09. The van der Waals surface area contributed by atoms with Gasteiger partial charge in [0.1, 0.15) is 12.2 Å². The maximum Gasteiger partial charge on any atom is 0.147 e. The van der Waals surface area contributed by atoms with E-state index in [1.54, 1.807) is 6.33 Å². The molecule has 19 heavy (non-hydrogen) atoms. The second-order valence-electron chi connectivity index (χ2n) is 5.11. The van der Waals surface area contributed by atoms with Crippen LogP contribution in [-0.4, -0.2) is 25.9 Å². The van der Waals surface area contributed by atoms with Crippen molar-refractivity contribution in [2.45, 2.75) is 46.3 Å². The molecule has 0 amide bonds. The van der Waals surface area contributed by atoms with Gasteiger partial charge >= 0.3 is 0 Å². The van der Waals surface area contributed by atoms with E-state index in [4.69, 9.17) is 0 Å². The Labute approximate surface area is 114 Å². The van der Waals surface area contributed by atoms with E-state index in [1.807, 2.05) is 4.68 Å². The van der Waals surface area contributed by atoms with E-state index < -0.39 is 0 Å². The molecule has 104 valence electrons. The molecule has 0 spiro atoms. The minimum Gasteiger partial charge on any atom is -0.346 e. The Morgan fingerprint density at radius 1 is 1.32 bits per heavy atom. The zero-order chi connectivity index (χ0) is 13.8. The van der Waals surface area contributed by atoms with Crippen molar-refractivity contribution in [1.29, 1.82) is 0 Å². The third-order valence-electron chi connectivity index (χ3n) is 3.24. The average Bonchev–Trinajstić information content (AvgIpc) is 2.99. The lowest BCUT2D eigenvalue weighted by Crippen LogP contribution is -2.17. The third kappa shape index (κ3) is 3.23. The van der Waals surface area contributed by atoms with E-state index in [9.17, 15) is 0 Å². The van der Waals surface area contributed by atoms with Crippen LogP contribution in [-0.2, 0) is 6.54 Å². The minimum absolute atomic E-state index is 0.341. The molecule has 0 bridgehead atoms. The van der Waals surface area contributed by atoms with Crippen molar-refractivity contribution in [3.8, 4) is 0 Å². The van der Waals surface area contributed by atoms with Crippen LogP contribution < -0.4 is 5.32 Å². The van der Waals surface area contributed by atoms with Crippen molar-refractivity contribution in [1.82, 2.24) is 24.6 Å². The van der Waals surface area contributed by atoms with Crippen molar-refractivity contribution < 1.29 is 0 Å². The number of nitrogens with one attached hydrogen (secondary N) is 1. The van der Waals surface area contributed by atoms with Crippen LogP contribution >= 0.6 is 0 Å². The van der Waals surface area contributed by atoms with Gasteiger partial charge in [-0.1, -0.05) is 6.92 Å². The van der Waals surface area contributed by atoms with Gasteiger partial charge in [0.2, 0.25) is 0 Å². The maximum absolute atomic E-state index is 4.34. The Morgan fingerprint density at radius 3 is 2.79 bits per heavy atom. The van der Waals surface area contributed by atoms with E-state index in [0.717, 1.165) is 18.9 Å². The Bertz CT molecular complexity index is 511. The molecule has 0 aliphatic heterocycles. The molecule has 5 heteroatoms. The van der Waals surface area contributed by atoms with Gasteiger partial charge in [-0.15, -0.1) is 0 Å². The molecule has 2 rings (SSSR count). The van der Waals surface area contributed by atoms with Crippen LogP contribution in [0.15, 0.2) is 24.8 Å². The van der Waals surface area contributed by atoms with Crippen molar-refractivity contribution in [2.75, 3.05) is 6.54 Å². The summed E-state index contributed by atoms with van der Waals surface area (Å²) in [5.74, 6) is 0.994. The molecule has 0 fully saturated rings. The number of hydrogen-bond donors (Lipinski definition) is 1. The highest BCUT2D eigenvalue weighted by Crippen LogP contribution is 2.14. The molecular weight excluding hydrogens is 238 g/mol. The summed E-state index contributed by atoms with van der Waals surface area (Å²) < 4.78 is 4.12. The number of hydrogen-bond acceptors (Lipinski definition) is 3. The molecule has 0 radical (unpaired) electrons. The fraction of sp³-hybridized carbons (Fsp3) is 0.571. The quantitative estimate of drug-likeness (QED) is 0.868. The highest BCUT2D eigenvalue weighted by atomic mass is 15.4. The third-order valence-corrected chi connectivity index (χ3v) is 3.24. The smallest absolute Gasteiger partial charge is 0.147 e. The summed E-state index contributed by atoms with van der Waals surface area (Å²) in [7, 11) is 0. The van der Waals surface area contributed by atoms with Crippen molar-refractivity contribution in [3.63, 3.8) is 0 Å². The van der Waals surface area contributed by atoms with E-state index in [0.29, 0.717) is 12.1 Å². The van der Waals surface area contributed by atoms with E-state index in [-0.39, 0.29) is 0 Å². The molecule has 0 aliphatic rings. The van der Waals surface area contributed by atoms with Crippen LogP contribution in [0.4, 0.5) is 0 Å². The van der Waals surface area contributed by atoms with Gasteiger partial charge in [-0.25, -0.2) is 9.67 Å². The average molecular weight is 261 g/mol. The summed E-state index contributed by atoms with van der Waals surface area (Å²) in [6.45, 7) is 10.3. The molecule has 5 nitrogen and oxygen atoms in total. The first-order valence-electron chi connectivity index (χ1n) is 6.89. The Kier molecular flexibility index (Phi) is 4.37. The lowest BCUT2D eigenvalue weighted by Gasteiger charge is -2.11. The molecular formula is C14H23N5. The predicted molar refractivity (Wildman–Crippen MR) is 76.0 cm³/mol. The molecule has 2 aromatic rings. The lowest BCUT2D eigenvalue weighted by atomic mass is 10.2. The molecule has 1 unspecified atom stereocenters. The number of nitrogens with zero attached hydrogens (tertiary/aromatic N) is 4. The van der Waals surface area contributed by atoms with Crippen LogP contribution in [0.2, 0.25) is 0 Å². The van der Waals surface area contributed by atoms with Gasteiger partial charge in [-0.05, 0) is 38.9 Å². The predicted octanol–water partition coefficient (Wildman–Crippen LogP) is 2.38. The van der Waals surface area contributed by atoms with Gasteiger partial charge in [0, 0.05) is 24.5 Å². The zero-order valence-corrected chi connectivity index (χ0v) is 12.2. The summed E-state index contributed by atoms with van der Waals surface area (Å²) in [5, 5.41) is 7.68. The summed E-state index contributed by atoms with van der Waals surface area (Å²) in [4.78, 5) is 4.34. The number of rotatable bonds is 6. The van der Waals surface area contributed by atoms with Gasteiger partial charge in [0.05, 0.1) is 6.54 Å². The Morgan fingerprint density at radius 2 is 2.11 bits per heavy atom.